The molecule has 0 spiro atoms. The molecule has 2 rings (SSSR count). The quantitative estimate of drug-likeness (QED) is 0.394. The molecule has 2 aromatic rings. The molecule has 0 aliphatic heterocycles. The number of hydrogen-bond acceptors (Lipinski definition) is 7. The predicted molar refractivity (Wildman–Crippen MR) is 103 cm³/mol. The van der Waals surface area contributed by atoms with Gasteiger partial charge in [0, 0.05) is 6.54 Å². The number of ether oxygens (including phenoxy) is 1. The van der Waals surface area contributed by atoms with Crippen LogP contribution in [0, 0.1) is 0 Å². The number of rotatable bonds is 8. The maximum atomic E-state index is 12.8. The number of amides is 1. The van der Waals surface area contributed by atoms with E-state index in [-0.39, 0.29) is 29.3 Å². The molecule has 0 radical (unpaired) electrons. The van der Waals surface area contributed by atoms with Crippen molar-refractivity contribution in [2.24, 2.45) is 0 Å². The third-order valence-corrected chi connectivity index (χ3v) is 4.67. The van der Waals surface area contributed by atoms with Crippen LogP contribution in [0.2, 0.25) is 0 Å². The molecule has 1 aromatic heterocycles. The molecule has 1 amide bonds. The smallest absolute Gasteiger partial charge is 0.337 e. The van der Waals surface area contributed by atoms with Gasteiger partial charge in [-0.25, -0.2) is 9.78 Å². The Bertz CT molecular complexity index is 894. The average molecular weight is 393 g/mol. The summed E-state index contributed by atoms with van der Waals surface area (Å²) in [6.45, 7) is 4.16. The molecule has 146 valence electrons. The minimum Gasteiger partial charge on any atom is -0.465 e. The summed E-state index contributed by atoms with van der Waals surface area (Å²) in [4.78, 5) is 40.9. The van der Waals surface area contributed by atoms with E-state index < -0.39 is 12.1 Å². The van der Waals surface area contributed by atoms with E-state index in [9.17, 15) is 19.5 Å². The fourth-order valence-electron chi connectivity index (χ4n) is 2.43. The topological polar surface area (TPSA) is 111 Å². The number of aliphatic hydroxyl groups is 1. The lowest BCUT2D eigenvalue weighted by atomic mass is 10.1. The first-order valence-electron chi connectivity index (χ1n) is 8.57. The van der Waals surface area contributed by atoms with Crippen LogP contribution in [0.5, 0.6) is 0 Å². The summed E-state index contributed by atoms with van der Waals surface area (Å²) < 4.78 is 6.05. The van der Waals surface area contributed by atoms with Gasteiger partial charge in [0.1, 0.15) is 0 Å². The van der Waals surface area contributed by atoms with Gasteiger partial charge in [0.15, 0.2) is 5.16 Å². The van der Waals surface area contributed by atoms with E-state index in [2.05, 4.69) is 10.3 Å². The third kappa shape index (κ3) is 5.30. The van der Waals surface area contributed by atoms with Gasteiger partial charge in [0.2, 0.25) is 5.91 Å². The summed E-state index contributed by atoms with van der Waals surface area (Å²) in [5.74, 6) is -0.600. The van der Waals surface area contributed by atoms with Crippen molar-refractivity contribution in [1.29, 1.82) is 0 Å². The molecule has 0 aliphatic carbocycles. The van der Waals surface area contributed by atoms with E-state index in [1.165, 1.54) is 29.9 Å². The fraction of sp³-hybridized carbons (Fsp3) is 0.444. The monoisotopic (exact) mass is 393 g/mol. The Hall–Kier alpha value is -2.39. The normalized spacial score (nSPS) is 12.0. The number of aromatic nitrogens is 2. The van der Waals surface area contributed by atoms with E-state index in [0.717, 1.165) is 18.2 Å². The SMILES string of the molecule is CCCNC(=O)CSc1nc2cc(C(=O)OC)ccc2c(=O)n1C[C@H](C)O. The molecule has 9 heteroatoms. The average Bonchev–Trinajstić information content (AvgIpc) is 2.65. The first kappa shape index (κ1) is 20.9. The van der Waals surface area contributed by atoms with Crippen molar-refractivity contribution < 1.29 is 19.4 Å². The molecule has 0 saturated heterocycles. The van der Waals surface area contributed by atoms with E-state index in [1.807, 2.05) is 6.92 Å². The van der Waals surface area contributed by atoms with Gasteiger partial charge in [0.05, 0.1) is 42.0 Å². The van der Waals surface area contributed by atoms with Crippen molar-refractivity contribution in [2.75, 3.05) is 19.4 Å². The zero-order chi connectivity index (χ0) is 20.0. The van der Waals surface area contributed by atoms with Crippen molar-refractivity contribution in [3.8, 4) is 0 Å². The highest BCUT2D eigenvalue weighted by atomic mass is 32.2. The summed E-state index contributed by atoms with van der Waals surface area (Å²) in [6.07, 6.45) is 0.0674. The molecule has 0 fully saturated rings. The van der Waals surface area contributed by atoms with Crippen molar-refractivity contribution in [3.05, 3.63) is 34.1 Å². The minimum absolute atomic E-state index is 0.0550. The molecule has 0 bridgehead atoms. The highest BCUT2D eigenvalue weighted by Gasteiger charge is 2.16. The number of nitrogens with one attached hydrogen (secondary N) is 1. The number of carbonyl (C=O) groups is 2. The van der Waals surface area contributed by atoms with Crippen LogP contribution in [0.4, 0.5) is 0 Å². The van der Waals surface area contributed by atoms with Gasteiger partial charge in [-0.15, -0.1) is 0 Å². The number of thioether (sulfide) groups is 1. The Labute approximate surface area is 160 Å². The summed E-state index contributed by atoms with van der Waals surface area (Å²) >= 11 is 1.11. The number of nitrogens with zero attached hydrogens (tertiary/aromatic N) is 2. The van der Waals surface area contributed by atoms with Gasteiger partial charge in [-0.1, -0.05) is 18.7 Å². The Morgan fingerprint density at radius 3 is 2.78 bits per heavy atom. The van der Waals surface area contributed by atoms with E-state index in [0.29, 0.717) is 22.6 Å². The largest absolute Gasteiger partial charge is 0.465 e. The second kappa shape index (κ2) is 9.52. The number of carbonyl (C=O) groups excluding carboxylic acids is 2. The second-order valence-electron chi connectivity index (χ2n) is 6.02. The molecular weight excluding hydrogens is 370 g/mol. The van der Waals surface area contributed by atoms with Crippen LogP contribution in [0.3, 0.4) is 0 Å². The lowest BCUT2D eigenvalue weighted by molar-refractivity contribution is -0.118. The number of esters is 1. The first-order valence-corrected chi connectivity index (χ1v) is 9.56. The third-order valence-electron chi connectivity index (χ3n) is 3.69. The maximum absolute atomic E-state index is 12.8. The van der Waals surface area contributed by atoms with Crippen LogP contribution in [0.15, 0.2) is 28.2 Å². The van der Waals surface area contributed by atoms with Crippen LogP contribution in [0.25, 0.3) is 10.9 Å². The van der Waals surface area contributed by atoms with E-state index in [4.69, 9.17) is 4.74 Å². The number of benzene rings is 1. The fourth-order valence-corrected chi connectivity index (χ4v) is 3.26. The van der Waals surface area contributed by atoms with Gasteiger partial charge in [0.25, 0.3) is 5.56 Å². The summed E-state index contributed by atoms with van der Waals surface area (Å²) in [5, 5.41) is 13.1. The van der Waals surface area contributed by atoms with Gasteiger partial charge in [-0.3, -0.25) is 14.2 Å². The summed E-state index contributed by atoms with van der Waals surface area (Å²) in [5.41, 5.74) is 0.275. The maximum Gasteiger partial charge on any atom is 0.337 e. The predicted octanol–water partition coefficient (Wildman–Crippen LogP) is 1.18. The first-order chi connectivity index (χ1) is 12.9. The Balaban J connectivity index is 2.45. The van der Waals surface area contributed by atoms with Gasteiger partial charge < -0.3 is 15.2 Å². The van der Waals surface area contributed by atoms with Gasteiger partial charge in [-0.2, -0.15) is 0 Å². The van der Waals surface area contributed by atoms with Crippen LogP contribution in [0.1, 0.15) is 30.6 Å². The summed E-state index contributed by atoms with van der Waals surface area (Å²) in [6, 6.07) is 4.49. The van der Waals surface area contributed by atoms with Crippen molar-refractivity contribution in [2.45, 2.75) is 38.1 Å². The van der Waals surface area contributed by atoms with Gasteiger partial charge in [-0.05, 0) is 31.5 Å². The number of aliphatic hydroxyl groups excluding tert-OH is 1. The molecule has 0 saturated carbocycles. The molecule has 1 heterocycles. The van der Waals surface area contributed by atoms with E-state index >= 15 is 0 Å². The van der Waals surface area contributed by atoms with Crippen molar-refractivity contribution in [1.82, 2.24) is 14.9 Å². The Morgan fingerprint density at radius 1 is 1.41 bits per heavy atom. The molecule has 0 unspecified atom stereocenters. The molecule has 2 N–H and O–H groups in total. The molecule has 8 nitrogen and oxygen atoms in total. The molecule has 1 aromatic carbocycles. The van der Waals surface area contributed by atoms with E-state index in [1.54, 1.807) is 6.92 Å². The van der Waals surface area contributed by atoms with Crippen molar-refractivity contribution in [3.63, 3.8) is 0 Å². The highest BCUT2D eigenvalue weighted by molar-refractivity contribution is 7.99. The highest BCUT2D eigenvalue weighted by Crippen LogP contribution is 2.19. The second-order valence-corrected chi connectivity index (χ2v) is 6.96. The lowest BCUT2D eigenvalue weighted by Crippen LogP contribution is -2.29. The summed E-state index contributed by atoms with van der Waals surface area (Å²) in [7, 11) is 1.27. The van der Waals surface area contributed by atoms with Crippen LogP contribution < -0.4 is 10.9 Å². The molecule has 0 aliphatic rings. The zero-order valence-corrected chi connectivity index (χ0v) is 16.3. The number of hydrogen-bond donors (Lipinski definition) is 2. The minimum atomic E-state index is -0.760. The Morgan fingerprint density at radius 2 is 2.15 bits per heavy atom. The van der Waals surface area contributed by atoms with Crippen LogP contribution >= 0.6 is 11.8 Å². The lowest BCUT2D eigenvalue weighted by Gasteiger charge is -2.14. The Kier molecular flexibility index (Phi) is 7.37. The standard InChI is InChI=1S/C18H23N3O5S/c1-4-7-19-15(23)10-27-18-20-14-8-12(17(25)26-3)5-6-13(14)16(24)21(18)9-11(2)22/h5-6,8,11,22H,4,7,9-10H2,1-3H3,(H,19,23)/t11-/m0/s1. The van der Waals surface area contributed by atoms with Crippen LogP contribution in [-0.4, -0.2) is 52.0 Å². The van der Waals surface area contributed by atoms with Gasteiger partial charge >= 0.3 is 5.97 Å². The molecular formula is C18H23N3O5S. The number of methoxy groups -OCH3 is 1. The van der Waals surface area contributed by atoms with Crippen LogP contribution in [-0.2, 0) is 16.1 Å². The molecule has 1 atom stereocenters. The molecule has 27 heavy (non-hydrogen) atoms. The zero-order valence-electron chi connectivity index (χ0n) is 15.5. The number of fused-ring (bicyclic) bond motifs is 1. The van der Waals surface area contributed by atoms with Crippen molar-refractivity contribution >= 4 is 34.5 Å².